The van der Waals surface area contributed by atoms with Gasteiger partial charge in [-0.2, -0.15) is 0 Å². The summed E-state index contributed by atoms with van der Waals surface area (Å²) in [6, 6.07) is 6.14. The zero-order valence-electron chi connectivity index (χ0n) is 12.2. The van der Waals surface area contributed by atoms with Crippen molar-refractivity contribution in [1.82, 2.24) is 9.80 Å². The molecule has 2 saturated heterocycles. The molecular formula is C15H20ClN3S2. The van der Waals surface area contributed by atoms with Crippen molar-refractivity contribution in [2.24, 2.45) is 0 Å². The zero-order chi connectivity index (χ0) is 14.8. The molecule has 2 fully saturated rings. The van der Waals surface area contributed by atoms with E-state index >= 15 is 0 Å². The molecule has 0 spiro atoms. The Bertz CT molecular complexity index is 530. The van der Waals surface area contributed by atoms with Gasteiger partial charge in [0.1, 0.15) is 4.32 Å². The van der Waals surface area contributed by atoms with Gasteiger partial charge >= 0.3 is 0 Å². The summed E-state index contributed by atoms with van der Waals surface area (Å²) >= 11 is 13.3. The molecule has 0 bridgehead atoms. The Morgan fingerprint density at radius 3 is 2.62 bits per heavy atom. The maximum Gasteiger partial charge on any atom is 0.137 e. The lowest BCUT2D eigenvalue weighted by atomic mass is 10.1. The summed E-state index contributed by atoms with van der Waals surface area (Å²) in [4.78, 5) is 7.25. The molecule has 2 aliphatic rings. The second-order valence-corrected chi connectivity index (χ2v) is 7.72. The van der Waals surface area contributed by atoms with Crippen molar-refractivity contribution in [3.05, 3.63) is 28.8 Å². The molecule has 3 nitrogen and oxygen atoms in total. The number of nitrogens with zero attached hydrogens (tertiary/aromatic N) is 3. The van der Waals surface area contributed by atoms with Crippen molar-refractivity contribution in [1.29, 1.82) is 0 Å². The number of thioether (sulfide) groups is 1. The van der Waals surface area contributed by atoms with Crippen molar-refractivity contribution >= 4 is 45.6 Å². The van der Waals surface area contributed by atoms with Crippen molar-refractivity contribution < 1.29 is 0 Å². The second-order valence-electron chi connectivity index (χ2n) is 5.56. The van der Waals surface area contributed by atoms with E-state index in [1.807, 2.05) is 6.07 Å². The first-order valence-corrected chi connectivity index (χ1v) is 9.06. The Balaban J connectivity index is 1.57. The van der Waals surface area contributed by atoms with Crippen LogP contribution in [-0.2, 0) is 0 Å². The minimum atomic E-state index is 0.817. The van der Waals surface area contributed by atoms with Crippen LogP contribution in [0.5, 0.6) is 0 Å². The number of hydrogen-bond donors (Lipinski definition) is 0. The van der Waals surface area contributed by atoms with E-state index < -0.39 is 0 Å². The van der Waals surface area contributed by atoms with Gasteiger partial charge in [-0.1, -0.05) is 41.6 Å². The molecule has 2 aliphatic heterocycles. The average Bonchev–Trinajstić information content (AvgIpc) is 2.88. The van der Waals surface area contributed by atoms with Crippen molar-refractivity contribution in [2.45, 2.75) is 6.92 Å². The number of rotatable bonds is 3. The van der Waals surface area contributed by atoms with Crippen LogP contribution in [0.25, 0.3) is 0 Å². The van der Waals surface area contributed by atoms with Crippen LogP contribution in [0.3, 0.4) is 0 Å². The van der Waals surface area contributed by atoms with Gasteiger partial charge in [-0.25, -0.2) is 0 Å². The predicted octanol–water partition coefficient (Wildman–Crippen LogP) is 3.06. The molecule has 0 aromatic heterocycles. The third-order valence-electron chi connectivity index (χ3n) is 4.10. The summed E-state index contributed by atoms with van der Waals surface area (Å²) in [7, 11) is 0. The minimum absolute atomic E-state index is 0.817. The van der Waals surface area contributed by atoms with Crippen LogP contribution >= 0.6 is 35.6 Å². The molecule has 0 radical (unpaired) electrons. The second kappa shape index (κ2) is 6.73. The first kappa shape index (κ1) is 15.4. The van der Waals surface area contributed by atoms with Crippen LogP contribution in [0.1, 0.15) is 5.56 Å². The van der Waals surface area contributed by atoms with Crippen LogP contribution in [0.2, 0.25) is 5.02 Å². The largest absolute Gasteiger partial charge is 0.369 e. The van der Waals surface area contributed by atoms with E-state index in [0.29, 0.717) is 0 Å². The van der Waals surface area contributed by atoms with Crippen LogP contribution in [0, 0.1) is 6.92 Å². The maximum absolute atomic E-state index is 6.13. The topological polar surface area (TPSA) is 9.72 Å². The fourth-order valence-electron chi connectivity index (χ4n) is 2.85. The monoisotopic (exact) mass is 341 g/mol. The number of benzene rings is 1. The number of anilines is 1. The zero-order valence-corrected chi connectivity index (χ0v) is 14.6. The number of thiocarbonyl (C=S) groups is 1. The molecule has 1 aromatic rings. The van der Waals surface area contributed by atoms with Gasteiger partial charge in [0, 0.05) is 49.2 Å². The SMILES string of the molecule is Cc1ccc(Cl)cc1N1CCN(CN2CCSC2=S)CC1. The van der Waals surface area contributed by atoms with Crippen molar-refractivity contribution in [3.63, 3.8) is 0 Å². The predicted molar refractivity (Wildman–Crippen MR) is 96.6 cm³/mol. The van der Waals surface area contributed by atoms with Gasteiger partial charge < -0.3 is 9.80 Å². The van der Waals surface area contributed by atoms with E-state index in [1.165, 1.54) is 11.3 Å². The smallest absolute Gasteiger partial charge is 0.137 e. The van der Waals surface area contributed by atoms with E-state index in [9.17, 15) is 0 Å². The molecule has 0 N–H and O–H groups in total. The number of hydrogen-bond acceptors (Lipinski definition) is 4. The van der Waals surface area contributed by atoms with Gasteiger partial charge in [-0.15, -0.1) is 0 Å². The fraction of sp³-hybridized carbons (Fsp3) is 0.533. The third-order valence-corrected chi connectivity index (χ3v) is 5.84. The normalized spacial score (nSPS) is 20.4. The highest BCUT2D eigenvalue weighted by atomic mass is 35.5. The third kappa shape index (κ3) is 3.65. The molecule has 114 valence electrons. The van der Waals surface area contributed by atoms with Gasteiger partial charge in [-0.3, -0.25) is 4.90 Å². The lowest BCUT2D eigenvalue weighted by Gasteiger charge is -2.38. The Morgan fingerprint density at radius 1 is 1.19 bits per heavy atom. The summed E-state index contributed by atoms with van der Waals surface area (Å²) in [6.45, 7) is 8.48. The Kier molecular flexibility index (Phi) is 4.94. The summed E-state index contributed by atoms with van der Waals surface area (Å²) < 4.78 is 1.06. The Morgan fingerprint density at radius 2 is 1.95 bits per heavy atom. The molecule has 0 aliphatic carbocycles. The Hall–Kier alpha value is -0.490. The number of aryl methyl sites for hydroxylation is 1. The van der Waals surface area contributed by atoms with E-state index in [0.717, 1.165) is 54.5 Å². The van der Waals surface area contributed by atoms with Gasteiger partial charge in [-0.05, 0) is 24.6 Å². The molecule has 0 unspecified atom stereocenters. The van der Waals surface area contributed by atoms with E-state index in [1.54, 1.807) is 11.8 Å². The standard InChI is InChI=1S/C15H20ClN3S2/c1-12-2-3-13(16)10-14(12)18-6-4-17(5-7-18)11-19-8-9-21-15(19)20/h2-3,10H,4-9,11H2,1H3. The molecule has 0 amide bonds. The number of halogens is 1. The molecule has 6 heteroatoms. The first-order chi connectivity index (χ1) is 10.1. The highest BCUT2D eigenvalue weighted by Gasteiger charge is 2.23. The highest BCUT2D eigenvalue weighted by Crippen LogP contribution is 2.25. The van der Waals surface area contributed by atoms with Gasteiger partial charge in [0.2, 0.25) is 0 Å². The molecule has 0 saturated carbocycles. The lowest BCUT2D eigenvalue weighted by Crippen LogP contribution is -2.50. The minimum Gasteiger partial charge on any atom is -0.369 e. The Labute approximate surface area is 141 Å². The molecule has 0 atom stereocenters. The quantitative estimate of drug-likeness (QED) is 0.779. The summed E-state index contributed by atoms with van der Waals surface area (Å²) in [5, 5.41) is 0.817. The van der Waals surface area contributed by atoms with Crippen molar-refractivity contribution in [2.75, 3.05) is 50.0 Å². The molecule has 3 rings (SSSR count). The van der Waals surface area contributed by atoms with Crippen LogP contribution < -0.4 is 4.90 Å². The lowest BCUT2D eigenvalue weighted by molar-refractivity contribution is 0.187. The first-order valence-electron chi connectivity index (χ1n) is 7.28. The van der Waals surface area contributed by atoms with Gasteiger partial charge in [0.05, 0.1) is 6.67 Å². The summed E-state index contributed by atoms with van der Waals surface area (Å²) in [5.41, 5.74) is 2.57. The van der Waals surface area contributed by atoms with Gasteiger partial charge in [0.25, 0.3) is 0 Å². The van der Waals surface area contributed by atoms with Crippen molar-refractivity contribution in [3.8, 4) is 0 Å². The van der Waals surface area contributed by atoms with E-state index in [4.69, 9.17) is 23.8 Å². The molecule has 2 heterocycles. The van der Waals surface area contributed by atoms with Gasteiger partial charge in [0.15, 0.2) is 0 Å². The summed E-state index contributed by atoms with van der Waals surface area (Å²) in [6.07, 6.45) is 0. The highest BCUT2D eigenvalue weighted by molar-refractivity contribution is 8.23. The molecule has 1 aromatic carbocycles. The maximum atomic E-state index is 6.13. The fourth-order valence-corrected chi connectivity index (χ4v) is 4.23. The number of piperazine rings is 1. The average molecular weight is 342 g/mol. The van der Waals surface area contributed by atoms with E-state index in [2.05, 4.69) is 33.8 Å². The van der Waals surface area contributed by atoms with Crippen LogP contribution in [0.4, 0.5) is 5.69 Å². The van der Waals surface area contributed by atoms with Crippen LogP contribution in [-0.4, -0.2) is 59.3 Å². The molecular weight excluding hydrogens is 322 g/mol. The summed E-state index contributed by atoms with van der Waals surface area (Å²) in [5.74, 6) is 1.14. The molecule has 21 heavy (non-hydrogen) atoms. The van der Waals surface area contributed by atoms with Crippen LogP contribution in [0.15, 0.2) is 18.2 Å². The van der Waals surface area contributed by atoms with E-state index in [-0.39, 0.29) is 0 Å².